The summed E-state index contributed by atoms with van der Waals surface area (Å²) in [5.41, 5.74) is 6.62. The molecule has 0 bridgehead atoms. The van der Waals surface area contributed by atoms with Gasteiger partial charge in [0, 0.05) is 25.3 Å². The van der Waals surface area contributed by atoms with E-state index in [0.717, 1.165) is 28.9 Å². The Hall–Kier alpha value is -0.800. The second-order valence-electron chi connectivity index (χ2n) is 5.45. The van der Waals surface area contributed by atoms with Crippen LogP contribution in [0.1, 0.15) is 37.7 Å². The van der Waals surface area contributed by atoms with Gasteiger partial charge in [-0.2, -0.15) is 0 Å². The summed E-state index contributed by atoms with van der Waals surface area (Å²) >= 11 is 6.36. The molecule has 1 saturated carbocycles. The molecule has 3 nitrogen and oxygen atoms in total. The van der Waals surface area contributed by atoms with Gasteiger partial charge in [-0.1, -0.05) is 24.4 Å². The Labute approximate surface area is 113 Å². The molecule has 4 heteroatoms. The molecule has 0 spiro atoms. The van der Waals surface area contributed by atoms with Gasteiger partial charge >= 0.3 is 0 Å². The SMILES string of the molecule is NCc1cnc(N2CCC3CCCCC32)c(Cl)c1. The first-order valence-corrected chi connectivity index (χ1v) is 7.28. The van der Waals surface area contributed by atoms with E-state index in [4.69, 9.17) is 17.3 Å². The van der Waals surface area contributed by atoms with Crippen molar-refractivity contribution in [1.82, 2.24) is 4.98 Å². The van der Waals surface area contributed by atoms with Crippen molar-refractivity contribution in [3.63, 3.8) is 0 Å². The number of nitrogens with two attached hydrogens (primary N) is 1. The lowest BCUT2D eigenvalue weighted by molar-refractivity contribution is 0.341. The maximum Gasteiger partial charge on any atom is 0.147 e. The molecule has 2 N–H and O–H groups in total. The molecule has 0 radical (unpaired) electrons. The van der Waals surface area contributed by atoms with Crippen LogP contribution in [-0.2, 0) is 6.54 Å². The Balaban J connectivity index is 1.86. The van der Waals surface area contributed by atoms with Crippen LogP contribution in [0.2, 0.25) is 5.02 Å². The van der Waals surface area contributed by atoms with Gasteiger partial charge in [-0.05, 0) is 36.8 Å². The van der Waals surface area contributed by atoms with Crippen molar-refractivity contribution in [2.24, 2.45) is 11.7 Å². The lowest BCUT2D eigenvalue weighted by Crippen LogP contribution is -2.35. The molecule has 0 aromatic carbocycles. The number of hydrogen-bond donors (Lipinski definition) is 1. The Morgan fingerprint density at radius 3 is 2.94 bits per heavy atom. The van der Waals surface area contributed by atoms with Crippen LogP contribution in [0.3, 0.4) is 0 Å². The highest BCUT2D eigenvalue weighted by atomic mass is 35.5. The Bertz CT molecular complexity index is 435. The summed E-state index contributed by atoms with van der Waals surface area (Å²) in [5, 5.41) is 0.754. The minimum atomic E-state index is 0.499. The second-order valence-corrected chi connectivity index (χ2v) is 5.85. The zero-order valence-electron chi connectivity index (χ0n) is 10.6. The summed E-state index contributed by atoms with van der Waals surface area (Å²) in [4.78, 5) is 6.96. The van der Waals surface area contributed by atoms with Crippen LogP contribution >= 0.6 is 11.6 Å². The van der Waals surface area contributed by atoms with Gasteiger partial charge in [0.2, 0.25) is 0 Å². The average molecular weight is 266 g/mol. The summed E-state index contributed by atoms with van der Waals surface area (Å²) in [6.45, 7) is 1.60. The van der Waals surface area contributed by atoms with Crippen molar-refractivity contribution in [3.05, 3.63) is 22.8 Å². The number of hydrogen-bond acceptors (Lipinski definition) is 3. The van der Waals surface area contributed by atoms with Gasteiger partial charge in [0.05, 0.1) is 5.02 Å². The van der Waals surface area contributed by atoms with E-state index in [1.165, 1.54) is 32.1 Å². The highest BCUT2D eigenvalue weighted by molar-refractivity contribution is 6.33. The number of aromatic nitrogens is 1. The minimum absolute atomic E-state index is 0.499. The van der Waals surface area contributed by atoms with Crippen molar-refractivity contribution in [2.75, 3.05) is 11.4 Å². The third-order valence-electron chi connectivity index (χ3n) is 4.40. The van der Waals surface area contributed by atoms with Crippen molar-refractivity contribution in [2.45, 2.75) is 44.7 Å². The normalized spacial score (nSPS) is 27.3. The van der Waals surface area contributed by atoms with E-state index in [-0.39, 0.29) is 0 Å². The fourth-order valence-corrected chi connectivity index (χ4v) is 3.76. The zero-order valence-corrected chi connectivity index (χ0v) is 11.4. The summed E-state index contributed by atoms with van der Waals surface area (Å²) in [6, 6.07) is 2.62. The first-order valence-electron chi connectivity index (χ1n) is 6.90. The molecule has 2 unspecified atom stereocenters. The predicted octanol–water partition coefficient (Wildman–Crippen LogP) is 2.96. The van der Waals surface area contributed by atoms with Gasteiger partial charge in [0.15, 0.2) is 0 Å². The largest absolute Gasteiger partial charge is 0.352 e. The summed E-state index contributed by atoms with van der Waals surface area (Å²) in [7, 11) is 0. The molecule has 18 heavy (non-hydrogen) atoms. The number of rotatable bonds is 2. The highest BCUT2D eigenvalue weighted by Gasteiger charge is 2.36. The minimum Gasteiger partial charge on any atom is -0.352 e. The smallest absolute Gasteiger partial charge is 0.147 e. The molecule has 0 amide bonds. The summed E-state index contributed by atoms with van der Waals surface area (Å²) in [6.07, 6.45) is 8.55. The number of halogens is 1. The quantitative estimate of drug-likeness (QED) is 0.894. The molecule has 1 saturated heterocycles. The van der Waals surface area contributed by atoms with Crippen LogP contribution in [0, 0.1) is 5.92 Å². The fraction of sp³-hybridized carbons (Fsp3) is 0.643. The van der Waals surface area contributed by atoms with Crippen molar-refractivity contribution >= 4 is 17.4 Å². The average Bonchev–Trinajstić information content (AvgIpc) is 2.82. The molecule has 98 valence electrons. The molecule has 1 aromatic heterocycles. The first kappa shape index (κ1) is 12.2. The van der Waals surface area contributed by atoms with Crippen LogP contribution in [0.5, 0.6) is 0 Å². The van der Waals surface area contributed by atoms with Crippen LogP contribution in [-0.4, -0.2) is 17.6 Å². The third-order valence-corrected chi connectivity index (χ3v) is 4.67. The van der Waals surface area contributed by atoms with Crippen molar-refractivity contribution < 1.29 is 0 Å². The molecule has 1 aliphatic heterocycles. The molecule has 2 atom stereocenters. The molecule has 2 aliphatic rings. The van der Waals surface area contributed by atoms with Crippen molar-refractivity contribution in [3.8, 4) is 0 Å². The van der Waals surface area contributed by atoms with Crippen LogP contribution in [0.15, 0.2) is 12.3 Å². The topological polar surface area (TPSA) is 42.1 Å². The molecule has 1 aliphatic carbocycles. The standard InChI is InChI=1S/C14H20ClN3/c15-12-7-10(8-16)9-17-14(12)18-6-5-11-3-1-2-4-13(11)18/h7,9,11,13H,1-6,8,16H2. The monoisotopic (exact) mass is 265 g/mol. The number of fused-ring (bicyclic) bond motifs is 1. The molecule has 1 aromatic rings. The van der Waals surface area contributed by atoms with E-state index in [9.17, 15) is 0 Å². The maximum atomic E-state index is 6.36. The van der Waals surface area contributed by atoms with Crippen molar-refractivity contribution in [1.29, 1.82) is 0 Å². The van der Waals surface area contributed by atoms with E-state index in [2.05, 4.69) is 9.88 Å². The van der Waals surface area contributed by atoms with Crippen LogP contribution < -0.4 is 10.6 Å². The lowest BCUT2D eigenvalue weighted by atomic mass is 9.85. The molecular formula is C14H20ClN3. The number of pyridine rings is 1. The molecule has 2 heterocycles. The van der Waals surface area contributed by atoms with E-state index >= 15 is 0 Å². The lowest BCUT2D eigenvalue weighted by Gasteiger charge is -2.32. The second kappa shape index (κ2) is 5.06. The molecular weight excluding hydrogens is 246 g/mol. The van der Waals surface area contributed by atoms with E-state index < -0.39 is 0 Å². The van der Waals surface area contributed by atoms with E-state index in [1.807, 2.05) is 12.3 Å². The summed E-state index contributed by atoms with van der Waals surface area (Å²) in [5.74, 6) is 1.81. The van der Waals surface area contributed by atoms with Gasteiger partial charge in [0.25, 0.3) is 0 Å². The summed E-state index contributed by atoms with van der Waals surface area (Å²) < 4.78 is 0. The van der Waals surface area contributed by atoms with Gasteiger partial charge in [-0.15, -0.1) is 0 Å². The fourth-order valence-electron chi connectivity index (χ4n) is 3.46. The van der Waals surface area contributed by atoms with E-state index in [1.54, 1.807) is 0 Å². The van der Waals surface area contributed by atoms with E-state index in [0.29, 0.717) is 12.6 Å². The van der Waals surface area contributed by atoms with Crippen LogP contribution in [0.25, 0.3) is 0 Å². The van der Waals surface area contributed by atoms with Gasteiger partial charge in [-0.3, -0.25) is 0 Å². The van der Waals surface area contributed by atoms with Gasteiger partial charge in [-0.25, -0.2) is 4.98 Å². The third kappa shape index (κ3) is 2.10. The zero-order chi connectivity index (χ0) is 12.5. The Morgan fingerprint density at radius 2 is 2.17 bits per heavy atom. The van der Waals surface area contributed by atoms with Gasteiger partial charge in [0.1, 0.15) is 5.82 Å². The van der Waals surface area contributed by atoms with Gasteiger partial charge < -0.3 is 10.6 Å². The number of anilines is 1. The Morgan fingerprint density at radius 1 is 1.33 bits per heavy atom. The van der Waals surface area contributed by atoms with Crippen LogP contribution in [0.4, 0.5) is 5.82 Å². The predicted molar refractivity (Wildman–Crippen MR) is 74.8 cm³/mol. The Kier molecular flexibility index (Phi) is 3.44. The first-order chi connectivity index (χ1) is 8.79. The molecule has 3 rings (SSSR count). The number of nitrogens with zero attached hydrogens (tertiary/aromatic N) is 2. The highest BCUT2D eigenvalue weighted by Crippen LogP contribution is 2.40. The maximum absolute atomic E-state index is 6.36. The molecule has 2 fully saturated rings.